The maximum Gasteiger partial charge on any atom is 0.238 e. The first kappa shape index (κ1) is 15.5. The molecule has 102 valence electrons. The summed E-state index contributed by atoms with van der Waals surface area (Å²) >= 11 is 11.8. The van der Waals surface area contributed by atoms with Gasteiger partial charge in [0.15, 0.2) is 5.75 Å². The largest absolute Gasteiger partial charge is 0.489 e. The summed E-state index contributed by atoms with van der Waals surface area (Å²) in [4.78, 5) is 1.79. The van der Waals surface area contributed by atoms with E-state index in [-0.39, 0.29) is 20.7 Å². The SMILES string of the molecule is CN(C)CCOc1c(Cl)cc(S(N)(=O)=O)cc1Cl. The number of primary sulfonamides is 1. The first-order valence-corrected chi connectivity index (χ1v) is 7.31. The summed E-state index contributed by atoms with van der Waals surface area (Å²) in [6.07, 6.45) is 0. The number of rotatable bonds is 5. The number of nitrogens with zero attached hydrogens (tertiary/aromatic N) is 1. The van der Waals surface area contributed by atoms with Gasteiger partial charge in [-0.1, -0.05) is 23.2 Å². The molecule has 1 rings (SSSR count). The van der Waals surface area contributed by atoms with Crippen LogP contribution in [0, 0.1) is 0 Å². The molecule has 8 heteroatoms. The van der Waals surface area contributed by atoms with Gasteiger partial charge in [0.05, 0.1) is 14.9 Å². The van der Waals surface area contributed by atoms with Gasteiger partial charge in [-0.3, -0.25) is 0 Å². The van der Waals surface area contributed by atoms with Crippen molar-refractivity contribution in [1.29, 1.82) is 0 Å². The van der Waals surface area contributed by atoms with Crippen LogP contribution in [-0.2, 0) is 10.0 Å². The van der Waals surface area contributed by atoms with E-state index in [0.717, 1.165) is 0 Å². The van der Waals surface area contributed by atoms with Crippen molar-refractivity contribution in [3.8, 4) is 5.75 Å². The molecule has 0 unspecified atom stereocenters. The molecule has 0 aromatic heterocycles. The molecule has 2 N–H and O–H groups in total. The Hall–Kier alpha value is -0.530. The van der Waals surface area contributed by atoms with Gasteiger partial charge < -0.3 is 9.64 Å². The van der Waals surface area contributed by atoms with E-state index in [0.29, 0.717) is 13.2 Å². The molecule has 0 saturated heterocycles. The van der Waals surface area contributed by atoms with Gasteiger partial charge in [-0.25, -0.2) is 13.6 Å². The highest BCUT2D eigenvalue weighted by molar-refractivity contribution is 7.89. The van der Waals surface area contributed by atoms with Crippen LogP contribution in [0.25, 0.3) is 0 Å². The Bertz CT molecular complexity index is 509. The first-order valence-electron chi connectivity index (χ1n) is 5.01. The number of nitrogens with two attached hydrogens (primary N) is 1. The predicted octanol–water partition coefficient (Wildman–Crippen LogP) is 1.58. The molecule has 0 aliphatic carbocycles. The van der Waals surface area contributed by atoms with Crippen molar-refractivity contribution < 1.29 is 13.2 Å². The second-order valence-electron chi connectivity index (χ2n) is 3.91. The molecule has 18 heavy (non-hydrogen) atoms. The predicted molar refractivity (Wildman–Crippen MR) is 71.9 cm³/mol. The van der Waals surface area contributed by atoms with Crippen molar-refractivity contribution in [3.63, 3.8) is 0 Å². The Morgan fingerprint density at radius 1 is 1.28 bits per heavy atom. The van der Waals surface area contributed by atoms with E-state index in [1.807, 2.05) is 19.0 Å². The van der Waals surface area contributed by atoms with Crippen LogP contribution in [0.15, 0.2) is 17.0 Å². The molecule has 0 heterocycles. The summed E-state index contributed by atoms with van der Waals surface area (Å²) in [6, 6.07) is 2.43. The van der Waals surface area contributed by atoms with Crippen molar-refractivity contribution >= 4 is 33.2 Å². The second kappa shape index (κ2) is 6.08. The fourth-order valence-corrected chi connectivity index (χ4v) is 2.46. The third-order valence-corrected chi connectivity index (χ3v) is 3.54. The highest BCUT2D eigenvalue weighted by Gasteiger charge is 2.15. The van der Waals surface area contributed by atoms with Gasteiger partial charge in [0.1, 0.15) is 6.61 Å². The molecule has 0 radical (unpaired) electrons. The summed E-state index contributed by atoms with van der Waals surface area (Å²) in [6.45, 7) is 1.07. The van der Waals surface area contributed by atoms with Crippen LogP contribution in [0.5, 0.6) is 5.75 Å². The number of hydrogen-bond donors (Lipinski definition) is 1. The zero-order valence-corrected chi connectivity index (χ0v) is 12.3. The highest BCUT2D eigenvalue weighted by Crippen LogP contribution is 2.35. The molecule has 0 amide bonds. The van der Waals surface area contributed by atoms with E-state index in [1.165, 1.54) is 12.1 Å². The lowest BCUT2D eigenvalue weighted by molar-refractivity contribution is 0.261. The molecule has 0 saturated carbocycles. The van der Waals surface area contributed by atoms with Gasteiger partial charge >= 0.3 is 0 Å². The topological polar surface area (TPSA) is 72.6 Å². The van der Waals surface area contributed by atoms with Crippen molar-refractivity contribution in [2.45, 2.75) is 4.90 Å². The minimum atomic E-state index is -3.83. The minimum absolute atomic E-state index is 0.116. The monoisotopic (exact) mass is 312 g/mol. The zero-order valence-electron chi connectivity index (χ0n) is 9.98. The molecule has 0 fully saturated rings. The van der Waals surface area contributed by atoms with Gasteiger partial charge in [0.25, 0.3) is 0 Å². The maximum atomic E-state index is 11.2. The lowest BCUT2D eigenvalue weighted by Gasteiger charge is -2.13. The number of hydrogen-bond acceptors (Lipinski definition) is 4. The third kappa shape index (κ3) is 4.29. The van der Waals surface area contributed by atoms with Crippen LogP contribution in [0.2, 0.25) is 10.0 Å². The maximum absolute atomic E-state index is 11.2. The Morgan fingerprint density at radius 3 is 2.17 bits per heavy atom. The Morgan fingerprint density at radius 2 is 1.78 bits per heavy atom. The third-order valence-electron chi connectivity index (χ3n) is 2.09. The van der Waals surface area contributed by atoms with Gasteiger partial charge in [0, 0.05) is 6.54 Å². The Labute approximate surface area is 116 Å². The van der Waals surface area contributed by atoms with Crippen molar-refractivity contribution in [1.82, 2.24) is 4.90 Å². The van der Waals surface area contributed by atoms with Gasteiger partial charge in [0.2, 0.25) is 10.0 Å². The van der Waals surface area contributed by atoms with Crippen LogP contribution in [-0.4, -0.2) is 40.6 Å². The summed E-state index contributed by atoms with van der Waals surface area (Å²) in [7, 11) is -0.0323. The average molecular weight is 313 g/mol. The fourth-order valence-electron chi connectivity index (χ4n) is 1.17. The normalized spacial score (nSPS) is 11.9. The van der Waals surface area contributed by atoms with E-state index >= 15 is 0 Å². The van der Waals surface area contributed by atoms with Crippen molar-refractivity contribution in [2.75, 3.05) is 27.2 Å². The number of likely N-dealkylation sites (N-methyl/N-ethyl adjacent to an activating group) is 1. The van der Waals surface area contributed by atoms with Gasteiger partial charge in [-0.05, 0) is 26.2 Å². The lowest BCUT2D eigenvalue weighted by Crippen LogP contribution is -2.19. The highest BCUT2D eigenvalue weighted by atomic mass is 35.5. The average Bonchev–Trinajstić information content (AvgIpc) is 2.20. The van der Waals surface area contributed by atoms with Crippen LogP contribution in [0.3, 0.4) is 0 Å². The van der Waals surface area contributed by atoms with E-state index in [4.69, 9.17) is 33.1 Å². The molecule has 0 aliphatic heterocycles. The molecule has 0 atom stereocenters. The number of benzene rings is 1. The molecule has 1 aromatic carbocycles. The Balaban J connectivity index is 2.95. The number of ether oxygens (including phenoxy) is 1. The van der Waals surface area contributed by atoms with E-state index in [9.17, 15) is 8.42 Å². The second-order valence-corrected chi connectivity index (χ2v) is 6.29. The quantitative estimate of drug-likeness (QED) is 0.896. The molecule has 5 nitrogen and oxygen atoms in total. The van der Waals surface area contributed by atoms with Crippen LogP contribution in [0.4, 0.5) is 0 Å². The number of halogens is 2. The summed E-state index contributed by atoms with van der Waals surface area (Å²) in [5.74, 6) is 0.257. The van der Waals surface area contributed by atoms with Crippen LogP contribution < -0.4 is 9.88 Å². The lowest BCUT2D eigenvalue weighted by atomic mass is 10.3. The minimum Gasteiger partial charge on any atom is -0.489 e. The molecular weight excluding hydrogens is 299 g/mol. The smallest absolute Gasteiger partial charge is 0.238 e. The zero-order chi connectivity index (χ0) is 13.9. The summed E-state index contributed by atoms with van der Waals surface area (Å²) in [5.41, 5.74) is 0. The fraction of sp³-hybridized carbons (Fsp3) is 0.400. The molecule has 0 spiro atoms. The van der Waals surface area contributed by atoms with Crippen LogP contribution in [0.1, 0.15) is 0 Å². The molecule has 0 aliphatic rings. The summed E-state index contributed by atoms with van der Waals surface area (Å²) < 4.78 is 27.7. The van der Waals surface area contributed by atoms with Crippen molar-refractivity contribution in [3.05, 3.63) is 22.2 Å². The molecule has 1 aromatic rings. The van der Waals surface area contributed by atoms with E-state index in [2.05, 4.69) is 0 Å². The van der Waals surface area contributed by atoms with Crippen LogP contribution >= 0.6 is 23.2 Å². The first-order chi connectivity index (χ1) is 8.21. The van der Waals surface area contributed by atoms with E-state index < -0.39 is 10.0 Å². The van der Waals surface area contributed by atoms with E-state index in [1.54, 1.807) is 0 Å². The molecular formula is C10H14Cl2N2O3S. The van der Waals surface area contributed by atoms with Gasteiger partial charge in [-0.2, -0.15) is 0 Å². The Kier molecular flexibility index (Phi) is 5.24. The standard InChI is InChI=1S/C10H14Cl2N2O3S/c1-14(2)3-4-17-10-8(11)5-7(6-9(10)12)18(13,15)16/h5-6H,3-4H2,1-2H3,(H2,13,15,16). The van der Waals surface area contributed by atoms with Crippen molar-refractivity contribution in [2.24, 2.45) is 5.14 Å². The molecule has 0 bridgehead atoms. The van der Waals surface area contributed by atoms with Gasteiger partial charge in [-0.15, -0.1) is 0 Å². The number of sulfonamides is 1. The summed E-state index contributed by atoms with van der Waals surface area (Å²) in [5, 5.41) is 5.22.